The van der Waals surface area contributed by atoms with Crippen molar-refractivity contribution >= 4 is 11.7 Å². The molecular formula is C16H22N6O. The van der Waals surface area contributed by atoms with Crippen LogP contribution < -0.4 is 10.2 Å². The van der Waals surface area contributed by atoms with Gasteiger partial charge in [-0.1, -0.05) is 0 Å². The van der Waals surface area contributed by atoms with E-state index in [0.717, 1.165) is 43.3 Å². The molecule has 0 radical (unpaired) electrons. The second-order valence-corrected chi connectivity index (χ2v) is 6.06. The van der Waals surface area contributed by atoms with Crippen molar-refractivity contribution in [3.63, 3.8) is 0 Å². The summed E-state index contributed by atoms with van der Waals surface area (Å²) in [5.74, 6) is 1.64. The number of anilines is 1. The molecule has 1 atom stereocenters. The van der Waals surface area contributed by atoms with E-state index in [0.29, 0.717) is 5.69 Å². The third kappa shape index (κ3) is 3.49. The van der Waals surface area contributed by atoms with Crippen LogP contribution in [0.25, 0.3) is 0 Å². The van der Waals surface area contributed by atoms with Crippen LogP contribution in [-0.4, -0.2) is 44.6 Å². The molecule has 1 saturated heterocycles. The second kappa shape index (κ2) is 6.36. The van der Waals surface area contributed by atoms with Crippen LogP contribution in [0.15, 0.2) is 18.6 Å². The zero-order valence-corrected chi connectivity index (χ0v) is 13.8. The molecule has 2 aromatic rings. The van der Waals surface area contributed by atoms with Crippen molar-refractivity contribution in [3.8, 4) is 0 Å². The number of nitrogens with zero attached hydrogens (tertiary/aromatic N) is 5. The Hall–Kier alpha value is -2.44. The van der Waals surface area contributed by atoms with Crippen LogP contribution in [0.4, 0.5) is 5.82 Å². The van der Waals surface area contributed by atoms with E-state index in [1.54, 1.807) is 17.1 Å². The molecule has 7 heteroatoms. The van der Waals surface area contributed by atoms with Gasteiger partial charge >= 0.3 is 0 Å². The fourth-order valence-corrected chi connectivity index (χ4v) is 3.00. The fraction of sp³-hybridized carbons (Fsp3) is 0.500. The number of aromatic nitrogens is 4. The summed E-state index contributed by atoms with van der Waals surface area (Å²) in [7, 11) is 1.82. The van der Waals surface area contributed by atoms with E-state index in [4.69, 9.17) is 0 Å². The molecule has 1 N–H and O–H groups in total. The smallest absolute Gasteiger partial charge is 0.269 e. The SMILES string of the molecule is Cc1cc(N2CCCC(NC(=O)c3cncn3C)C2)nc(C)n1. The number of hydrogen-bond acceptors (Lipinski definition) is 5. The number of carbonyl (C=O) groups excluding carboxylic acids is 1. The molecule has 1 aliphatic rings. The van der Waals surface area contributed by atoms with Crippen LogP contribution in [0.3, 0.4) is 0 Å². The molecule has 1 amide bonds. The number of hydrogen-bond donors (Lipinski definition) is 1. The van der Waals surface area contributed by atoms with Crippen LogP contribution in [0.2, 0.25) is 0 Å². The van der Waals surface area contributed by atoms with E-state index in [-0.39, 0.29) is 11.9 Å². The first kappa shape index (κ1) is 15.5. The molecule has 3 heterocycles. The zero-order chi connectivity index (χ0) is 16.4. The highest BCUT2D eigenvalue weighted by molar-refractivity contribution is 5.92. The van der Waals surface area contributed by atoms with Crippen LogP contribution in [0, 0.1) is 13.8 Å². The van der Waals surface area contributed by atoms with Gasteiger partial charge in [0.1, 0.15) is 17.3 Å². The Balaban J connectivity index is 1.68. The van der Waals surface area contributed by atoms with Crippen LogP contribution in [-0.2, 0) is 7.05 Å². The third-order valence-corrected chi connectivity index (χ3v) is 4.08. The van der Waals surface area contributed by atoms with E-state index < -0.39 is 0 Å². The summed E-state index contributed by atoms with van der Waals surface area (Å²) < 4.78 is 1.73. The molecule has 1 aliphatic heterocycles. The van der Waals surface area contributed by atoms with Crippen molar-refractivity contribution in [1.29, 1.82) is 0 Å². The molecule has 0 aromatic carbocycles. The molecule has 0 saturated carbocycles. The molecule has 23 heavy (non-hydrogen) atoms. The van der Waals surface area contributed by atoms with Crippen molar-refractivity contribution in [2.45, 2.75) is 32.7 Å². The molecule has 0 spiro atoms. The lowest BCUT2D eigenvalue weighted by molar-refractivity contribution is 0.0925. The number of rotatable bonds is 3. The number of nitrogens with one attached hydrogen (secondary N) is 1. The Kier molecular flexibility index (Phi) is 4.27. The van der Waals surface area contributed by atoms with Crippen molar-refractivity contribution in [2.75, 3.05) is 18.0 Å². The normalized spacial score (nSPS) is 18.0. The standard InChI is InChI=1S/C16H22N6O/c1-11-7-15(19-12(2)18-11)22-6-4-5-13(9-22)20-16(23)14-8-17-10-21(14)3/h7-8,10,13H,4-6,9H2,1-3H3,(H,20,23). The van der Waals surface area contributed by atoms with Gasteiger partial charge in [0, 0.05) is 37.9 Å². The lowest BCUT2D eigenvalue weighted by Gasteiger charge is -2.34. The second-order valence-electron chi connectivity index (χ2n) is 6.06. The number of amides is 1. The lowest BCUT2D eigenvalue weighted by Crippen LogP contribution is -2.48. The highest BCUT2D eigenvalue weighted by atomic mass is 16.2. The molecule has 7 nitrogen and oxygen atoms in total. The van der Waals surface area contributed by atoms with Gasteiger partial charge in [-0.3, -0.25) is 4.79 Å². The van der Waals surface area contributed by atoms with Crippen molar-refractivity contribution in [3.05, 3.63) is 35.8 Å². The van der Waals surface area contributed by atoms with Gasteiger partial charge in [0.25, 0.3) is 5.91 Å². The van der Waals surface area contributed by atoms with Crippen molar-refractivity contribution in [1.82, 2.24) is 24.8 Å². The van der Waals surface area contributed by atoms with Crippen molar-refractivity contribution < 1.29 is 4.79 Å². The number of carbonyl (C=O) groups is 1. The number of aryl methyl sites for hydroxylation is 3. The number of imidazole rings is 1. The summed E-state index contributed by atoms with van der Waals surface area (Å²) in [5, 5.41) is 3.11. The Bertz CT molecular complexity index is 690. The van der Waals surface area contributed by atoms with E-state index in [1.165, 1.54) is 0 Å². The minimum absolute atomic E-state index is 0.0769. The predicted molar refractivity (Wildman–Crippen MR) is 87.4 cm³/mol. The summed E-state index contributed by atoms with van der Waals surface area (Å²) in [6, 6.07) is 2.11. The first-order valence-electron chi connectivity index (χ1n) is 7.87. The predicted octanol–water partition coefficient (Wildman–Crippen LogP) is 1.23. The van der Waals surface area contributed by atoms with Gasteiger partial charge in [0.05, 0.1) is 12.5 Å². The summed E-state index contributed by atoms with van der Waals surface area (Å²) in [6.07, 6.45) is 5.23. The molecule has 2 aromatic heterocycles. The maximum atomic E-state index is 12.3. The van der Waals surface area contributed by atoms with Gasteiger partial charge in [-0.25, -0.2) is 15.0 Å². The Labute approximate surface area is 135 Å². The van der Waals surface area contributed by atoms with Crippen molar-refractivity contribution in [2.24, 2.45) is 7.05 Å². The summed E-state index contributed by atoms with van der Waals surface area (Å²) in [4.78, 5) is 27.4. The first-order valence-corrected chi connectivity index (χ1v) is 7.87. The summed E-state index contributed by atoms with van der Waals surface area (Å²) in [6.45, 7) is 5.60. The van der Waals surface area contributed by atoms with E-state index in [1.807, 2.05) is 27.0 Å². The van der Waals surface area contributed by atoms with Gasteiger partial charge in [0.2, 0.25) is 0 Å². The van der Waals surface area contributed by atoms with Crippen LogP contribution in [0.1, 0.15) is 34.8 Å². The quantitative estimate of drug-likeness (QED) is 0.922. The van der Waals surface area contributed by atoms with Gasteiger partial charge < -0.3 is 14.8 Å². The molecule has 0 aliphatic carbocycles. The average molecular weight is 314 g/mol. The Morgan fingerprint density at radius 2 is 2.17 bits per heavy atom. The summed E-state index contributed by atoms with van der Waals surface area (Å²) in [5.41, 5.74) is 1.55. The minimum atomic E-state index is -0.0769. The molecule has 0 bridgehead atoms. The molecule has 122 valence electrons. The lowest BCUT2D eigenvalue weighted by atomic mass is 10.1. The Morgan fingerprint density at radius 1 is 1.35 bits per heavy atom. The van der Waals surface area contributed by atoms with Gasteiger partial charge in [0.15, 0.2) is 0 Å². The molecule has 3 rings (SSSR count). The highest BCUT2D eigenvalue weighted by Crippen LogP contribution is 2.19. The minimum Gasteiger partial charge on any atom is -0.354 e. The van der Waals surface area contributed by atoms with Gasteiger partial charge in [-0.2, -0.15) is 0 Å². The maximum Gasteiger partial charge on any atom is 0.269 e. The van der Waals surface area contributed by atoms with Gasteiger partial charge in [-0.05, 0) is 26.7 Å². The molecule has 1 fully saturated rings. The van der Waals surface area contributed by atoms with E-state index in [2.05, 4.69) is 25.2 Å². The van der Waals surface area contributed by atoms with Gasteiger partial charge in [-0.15, -0.1) is 0 Å². The van der Waals surface area contributed by atoms with E-state index in [9.17, 15) is 4.79 Å². The monoisotopic (exact) mass is 314 g/mol. The number of piperidine rings is 1. The zero-order valence-electron chi connectivity index (χ0n) is 13.8. The third-order valence-electron chi connectivity index (χ3n) is 4.08. The van der Waals surface area contributed by atoms with Crippen LogP contribution >= 0.6 is 0 Å². The topological polar surface area (TPSA) is 75.9 Å². The molecular weight excluding hydrogens is 292 g/mol. The average Bonchev–Trinajstić information content (AvgIpc) is 2.93. The molecule has 1 unspecified atom stereocenters. The van der Waals surface area contributed by atoms with Crippen LogP contribution in [0.5, 0.6) is 0 Å². The fourth-order valence-electron chi connectivity index (χ4n) is 3.00. The van der Waals surface area contributed by atoms with E-state index >= 15 is 0 Å². The highest BCUT2D eigenvalue weighted by Gasteiger charge is 2.24. The summed E-state index contributed by atoms with van der Waals surface area (Å²) >= 11 is 0. The largest absolute Gasteiger partial charge is 0.354 e. The first-order chi connectivity index (χ1) is 11.0. The Morgan fingerprint density at radius 3 is 2.87 bits per heavy atom. The maximum absolute atomic E-state index is 12.3.